The van der Waals surface area contributed by atoms with E-state index in [0.29, 0.717) is 6.54 Å². The summed E-state index contributed by atoms with van der Waals surface area (Å²) >= 11 is 0. The topological polar surface area (TPSA) is 29.4 Å². The summed E-state index contributed by atoms with van der Waals surface area (Å²) < 4.78 is 0. The monoisotopic (exact) mass is 175 g/mol. The minimum atomic E-state index is 0.441. The van der Waals surface area contributed by atoms with Crippen LogP contribution in [0.3, 0.4) is 0 Å². The van der Waals surface area contributed by atoms with E-state index in [1.54, 1.807) is 6.08 Å². The number of nitrogens with zero attached hydrogens (tertiary/aromatic N) is 1. The van der Waals surface area contributed by atoms with Gasteiger partial charge < -0.3 is 0 Å². The Hall–Kier alpha value is -1.40. The van der Waals surface area contributed by atoms with Crippen LogP contribution in [0.15, 0.2) is 17.1 Å². The molecule has 0 bridgehead atoms. The number of aliphatic imine (C=N–C) groups is 1. The predicted molar refractivity (Wildman–Crippen MR) is 52.5 cm³/mol. The van der Waals surface area contributed by atoms with Crippen molar-refractivity contribution in [2.45, 2.75) is 27.3 Å². The van der Waals surface area contributed by atoms with E-state index in [2.05, 4.69) is 31.0 Å². The largest absolute Gasteiger partial charge is 0.235 e. The first-order chi connectivity index (χ1) is 6.15. The summed E-state index contributed by atoms with van der Waals surface area (Å²) in [7, 11) is 0. The fourth-order valence-corrected chi connectivity index (χ4v) is 1.31. The molecule has 0 atom stereocenters. The van der Waals surface area contributed by atoms with Gasteiger partial charge in [-0.1, -0.05) is 12.1 Å². The Balaban J connectivity index is 3.07. The molecule has 0 amide bonds. The van der Waals surface area contributed by atoms with Crippen LogP contribution in [-0.2, 0) is 11.3 Å². The summed E-state index contributed by atoms with van der Waals surface area (Å²) in [5, 5.41) is 0. The van der Waals surface area contributed by atoms with Crippen molar-refractivity contribution >= 4 is 6.08 Å². The summed E-state index contributed by atoms with van der Waals surface area (Å²) in [4.78, 5) is 13.5. The van der Waals surface area contributed by atoms with Gasteiger partial charge in [0.05, 0.1) is 6.54 Å². The van der Waals surface area contributed by atoms with Crippen LogP contribution in [0.1, 0.15) is 22.3 Å². The zero-order valence-corrected chi connectivity index (χ0v) is 8.22. The Bertz CT molecular complexity index is 363. The Morgan fingerprint density at radius 1 is 1.15 bits per heavy atom. The van der Waals surface area contributed by atoms with Gasteiger partial charge in [0.25, 0.3) is 0 Å². The first-order valence-electron chi connectivity index (χ1n) is 4.25. The van der Waals surface area contributed by atoms with Crippen molar-refractivity contribution in [3.63, 3.8) is 0 Å². The van der Waals surface area contributed by atoms with E-state index >= 15 is 0 Å². The molecule has 0 saturated heterocycles. The summed E-state index contributed by atoms with van der Waals surface area (Å²) in [6, 6.07) is 4.19. The highest BCUT2D eigenvalue weighted by atomic mass is 16.1. The van der Waals surface area contributed by atoms with Gasteiger partial charge in [0.1, 0.15) is 0 Å². The maximum Gasteiger partial charge on any atom is 0.235 e. The summed E-state index contributed by atoms with van der Waals surface area (Å²) in [6.07, 6.45) is 1.55. The summed E-state index contributed by atoms with van der Waals surface area (Å²) in [6.45, 7) is 6.61. The molecule has 0 N–H and O–H groups in total. The van der Waals surface area contributed by atoms with Crippen LogP contribution < -0.4 is 0 Å². The highest BCUT2D eigenvalue weighted by Crippen LogP contribution is 2.15. The van der Waals surface area contributed by atoms with E-state index in [1.807, 2.05) is 6.92 Å². The van der Waals surface area contributed by atoms with Crippen LogP contribution >= 0.6 is 0 Å². The Morgan fingerprint density at radius 2 is 1.77 bits per heavy atom. The number of isocyanates is 1. The smallest absolute Gasteiger partial charge is 0.211 e. The molecule has 1 aromatic rings. The van der Waals surface area contributed by atoms with E-state index in [1.165, 1.54) is 16.7 Å². The molecular weight excluding hydrogens is 162 g/mol. The lowest BCUT2D eigenvalue weighted by Gasteiger charge is -2.06. The number of hydrogen-bond acceptors (Lipinski definition) is 2. The predicted octanol–water partition coefficient (Wildman–Crippen LogP) is 2.45. The number of hydrogen-bond donors (Lipinski definition) is 0. The third kappa shape index (κ3) is 2.27. The minimum Gasteiger partial charge on any atom is -0.211 e. The second kappa shape index (κ2) is 4.01. The molecule has 0 saturated carbocycles. The zero-order chi connectivity index (χ0) is 9.84. The number of benzene rings is 1. The van der Waals surface area contributed by atoms with Gasteiger partial charge in [-0.05, 0) is 43.0 Å². The highest BCUT2D eigenvalue weighted by Gasteiger charge is 2.00. The van der Waals surface area contributed by atoms with Gasteiger partial charge in [0.15, 0.2) is 0 Å². The fourth-order valence-electron chi connectivity index (χ4n) is 1.31. The van der Waals surface area contributed by atoms with Crippen molar-refractivity contribution in [2.75, 3.05) is 0 Å². The van der Waals surface area contributed by atoms with Gasteiger partial charge in [-0.25, -0.2) is 9.79 Å². The second-order valence-corrected chi connectivity index (χ2v) is 3.27. The summed E-state index contributed by atoms with van der Waals surface area (Å²) in [5.41, 5.74) is 4.80. The molecule has 0 spiro atoms. The lowest BCUT2D eigenvalue weighted by molar-refractivity contribution is 0.562. The van der Waals surface area contributed by atoms with Crippen molar-refractivity contribution in [3.05, 3.63) is 34.4 Å². The molecule has 0 fully saturated rings. The normalized spacial score (nSPS) is 9.46. The molecule has 1 rings (SSSR count). The SMILES string of the molecule is Cc1cc(C)c(CN=C=O)cc1C. The van der Waals surface area contributed by atoms with Crippen molar-refractivity contribution in [3.8, 4) is 0 Å². The molecule has 0 aliphatic carbocycles. The van der Waals surface area contributed by atoms with Crippen LogP contribution in [0.5, 0.6) is 0 Å². The molecule has 0 unspecified atom stereocenters. The summed E-state index contributed by atoms with van der Waals surface area (Å²) in [5.74, 6) is 0. The molecule has 0 heterocycles. The fraction of sp³-hybridized carbons (Fsp3) is 0.364. The minimum absolute atomic E-state index is 0.441. The van der Waals surface area contributed by atoms with E-state index in [9.17, 15) is 4.79 Å². The molecule has 2 nitrogen and oxygen atoms in total. The van der Waals surface area contributed by atoms with Crippen LogP contribution in [0.2, 0.25) is 0 Å². The van der Waals surface area contributed by atoms with E-state index in [-0.39, 0.29) is 0 Å². The first-order valence-corrected chi connectivity index (χ1v) is 4.25. The number of carbonyl (C=O) groups excluding carboxylic acids is 1. The van der Waals surface area contributed by atoms with Crippen molar-refractivity contribution in [1.29, 1.82) is 0 Å². The number of rotatable bonds is 2. The van der Waals surface area contributed by atoms with Crippen LogP contribution in [-0.4, -0.2) is 6.08 Å². The average molecular weight is 175 g/mol. The first kappa shape index (κ1) is 9.69. The Kier molecular flexibility index (Phi) is 2.99. The molecule has 68 valence electrons. The van der Waals surface area contributed by atoms with E-state index in [0.717, 1.165) is 5.56 Å². The van der Waals surface area contributed by atoms with Crippen LogP contribution in [0.4, 0.5) is 0 Å². The van der Waals surface area contributed by atoms with Crippen LogP contribution in [0.25, 0.3) is 0 Å². The van der Waals surface area contributed by atoms with Gasteiger partial charge in [-0.15, -0.1) is 0 Å². The zero-order valence-electron chi connectivity index (χ0n) is 8.22. The highest BCUT2D eigenvalue weighted by molar-refractivity contribution is 5.38. The maximum absolute atomic E-state index is 9.95. The van der Waals surface area contributed by atoms with Crippen molar-refractivity contribution in [2.24, 2.45) is 4.99 Å². The van der Waals surface area contributed by atoms with Gasteiger partial charge in [-0.2, -0.15) is 0 Å². The molecule has 0 aliphatic rings. The third-order valence-corrected chi connectivity index (χ3v) is 2.27. The van der Waals surface area contributed by atoms with E-state index in [4.69, 9.17) is 0 Å². The standard InChI is InChI=1S/C11H13NO/c1-8-4-10(3)11(5-9(8)2)6-12-7-13/h4-5H,6H2,1-3H3. The molecule has 13 heavy (non-hydrogen) atoms. The lowest BCUT2D eigenvalue weighted by Crippen LogP contribution is -1.91. The Labute approximate surface area is 78.3 Å². The molecule has 2 heteroatoms. The molecule has 1 aromatic carbocycles. The third-order valence-electron chi connectivity index (χ3n) is 2.27. The van der Waals surface area contributed by atoms with Crippen molar-refractivity contribution in [1.82, 2.24) is 0 Å². The van der Waals surface area contributed by atoms with Gasteiger partial charge in [-0.3, -0.25) is 0 Å². The molecule has 0 aliphatic heterocycles. The molecule has 0 aromatic heterocycles. The van der Waals surface area contributed by atoms with Crippen LogP contribution in [0, 0.1) is 20.8 Å². The second-order valence-electron chi connectivity index (χ2n) is 3.27. The van der Waals surface area contributed by atoms with E-state index < -0.39 is 0 Å². The van der Waals surface area contributed by atoms with Gasteiger partial charge >= 0.3 is 0 Å². The molecular formula is C11H13NO. The maximum atomic E-state index is 9.95. The quantitative estimate of drug-likeness (QED) is 0.501. The molecule has 0 radical (unpaired) electrons. The van der Waals surface area contributed by atoms with Crippen molar-refractivity contribution < 1.29 is 4.79 Å². The Morgan fingerprint density at radius 3 is 2.38 bits per heavy atom. The van der Waals surface area contributed by atoms with Gasteiger partial charge in [0, 0.05) is 0 Å². The number of aryl methyl sites for hydroxylation is 3. The van der Waals surface area contributed by atoms with Gasteiger partial charge in [0.2, 0.25) is 6.08 Å². The average Bonchev–Trinajstić information content (AvgIpc) is 2.09. The lowest BCUT2D eigenvalue weighted by atomic mass is 10.0.